The summed E-state index contributed by atoms with van der Waals surface area (Å²) in [6.07, 6.45) is 3.17. The number of nitrogens with zero attached hydrogens (tertiary/aromatic N) is 1. The van der Waals surface area contributed by atoms with Crippen LogP contribution in [-0.4, -0.2) is 11.7 Å². The van der Waals surface area contributed by atoms with Crippen LogP contribution in [-0.2, 0) is 13.1 Å². The Balaban J connectivity index is 2.07. The number of benzene rings is 1. The van der Waals surface area contributed by atoms with Gasteiger partial charge in [-0.2, -0.15) is 0 Å². The van der Waals surface area contributed by atoms with E-state index in [1.807, 2.05) is 6.07 Å². The molecule has 0 fully saturated rings. The van der Waals surface area contributed by atoms with Gasteiger partial charge in [-0.25, -0.2) is 4.39 Å². The third-order valence-corrected chi connectivity index (χ3v) is 3.01. The van der Waals surface area contributed by atoms with Crippen LogP contribution in [0.2, 0.25) is 0 Å². The Kier molecular flexibility index (Phi) is 4.44. The maximum atomic E-state index is 13.1. The number of rotatable bonds is 6. The lowest BCUT2D eigenvalue weighted by atomic mass is 10.2. The zero-order chi connectivity index (χ0) is 13.7. The van der Waals surface area contributed by atoms with Gasteiger partial charge in [0, 0.05) is 24.5 Å². The van der Waals surface area contributed by atoms with Crippen LogP contribution in [0.5, 0.6) is 5.75 Å². The van der Waals surface area contributed by atoms with E-state index in [0.29, 0.717) is 12.3 Å². The number of nitrogens with one attached hydrogen (secondary N) is 1. The quantitative estimate of drug-likeness (QED) is 0.860. The molecule has 2 rings (SSSR count). The van der Waals surface area contributed by atoms with Crippen LogP contribution in [0.15, 0.2) is 36.5 Å². The van der Waals surface area contributed by atoms with Gasteiger partial charge in [-0.1, -0.05) is 6.92 Å². The number of ether oxygens (including phenoxy) is 1. The van der Waals surface area contributed by atoms with Crippen LogP contribution < -0.4 is 10.1 Å². The molecule has 2 aromatic rings. The fraction of sp³-hybridized carbons (Fsp3) is 0.333. The van der Waals surface area contributed by atoms with Crippen LogP contribution in [0.1, 0.15) is 19.0 Å². The van der Waals surface area contributed by atoms with Crippen LogP contribution in [0.4, 0.5) is 10.1 Å². The Bertz CT molecular complexity index is 537. The van der Waals surface area contributed by atoms with Crippen LogP contribution in [0.25, 0.3) is 0 Å². The first kappa shape index (κ1) is 13.5. The molecule has 3 nitrogen and oxygen atoms in total. The first-order chi connectivity index (χ1) is 9.24. The molecule has 102 valence electrons. The van der Waals surface area contributed by atoms with Crippen molar-refractivity contribution in [2.45, 2.75) is 26.4 Å². The molecule has 0 aliphatic heterocycles. The first-order valence-corrected chi connectivity index (χ1v) is 6.46. The smallest absolute Gasteiger partial charge is 0.144 e. The zero-order valence-corrected chi connectivity index (χ0v) is 11.3. The summed E-state index contributed by atoms with van der Waals surface area (Å²) in [4.78, 5) is 0. The summed E-state index contributed by atoms with van der Waals surface area (Å²) in [6.45, 7) is 3.85. The van der Waals surface area contributed by atoms with Gasteiger partial charge < -0.3 is 14.6 Å². The first-order valence-electron chi connectivity index (χ1n) is 6.46. The van der Waals surface area contributed by atoms with E-state index in [1.165, 1.54) is 17.8 Å². The van der Waals surface area contributed by atoms with E-state index < -0.39 is 0 Å². The van der Waals surface area contributed by atoms with Gasteiger partial charge in [-0.05, 0) is 30.7 Å². The van der Waals surface area contributed by atoms with Crippen LogP contribution >= 0.6 is 0 Å². The predicted molar refractivity (Wildman–Crippen MR) is 75.0 cm³/mol. The van der Waals surface area contributed by atoms with E-state index in [9.17, 15) is 4.39 Å². The SMILES string of the molecule is CCCn1cccc1CNc1ccc(F)cc1OC. The number of aromatic nitrogens is 1. The molecule has 19 heavy (non-hydrogen) atoms. The lowest BCUT2D eigenvalue weighted by molar-refractivity contribution is 0.413. The minimum Gasteiger partial charge on any atom is -0.494 e. The third kappa shape index (κ3) is 3.28. The molecule has 1 heterocycles. The van der Waals surface area contributed by atoms with E-state index in [4.69, 9.17) is 4.74 Å². The van der Waals surface area contributed by atoms with Crippen molar-refractivity contribution < 1.29 is 9.13 Å². The average Bonchev–Trinajstić information content (AvgIpc) is 2.85. The highest BCUT2D eigenvalue weighted by Crippen LogP contribution is 2.25. The van der Waals surface area contributed by atoms with Crippen molar-refractivity contribution >= 4 is 5.69 Å². The fourth-order valence-corrected chi connectivity index (χ4v) is 2.07. The maximum Gasteiger partial charge on any atom is 0.144 e. The van der Waals surface area contributed by atoms with Crippen LogP contribution in [0, 0.1) is 5.82 Å². The molecule has 1 aromatic carbocycles. The number of anilines is 1. The molecule has 0 unspecified atom stereocenters. The standard InChI is InChI=1S/C15H19FN2O/c1-3-8-18-9-4-5-13(18)11-17-14-7-6-12(16)10-15(14)19-2/h4-7,9-10,17H,3,8,11H2,1-2H3. The summed E-state index contributed by atoms with van der Waals surface area (Å²) >= 11 is 0. The molecule has 0 spiro atoms. The Labute approximate surface area is 113 Å². The second-order valence-electron chi connectivity index (χ2n) is 4.39. The van der Waals surface area contributed by atoms with E-state index in [-0.39, 0.29) is 5.82 Å². The number of hydrogen-bond acceptors (Lipinski definition) is 2. The van der Waals surface area contributed by atoms with Gasteiger partial charge in [0.1, 0.15) is 11.6 Å². The lowest BCUT2D eigenvalue weighted by Crippen LogP contribution is -2.07. The summed E-state index contributed by atoms with van der Waals surface area (Å²) in [5.74, 6) is 0.227. The summed E-state index contributed by atoms with van der Waals surface area (Å²) in [7, 11) is 1.54. The van der Waals surface area contributed by atoms with E-state index in [1.54, 1.807) is 13.2 Å². The highest BCUT2D eigenvalue weighted by atomic mass is 19.1. The molecule has 0 amide bonds. The minimum atomic E-state index is -0.295. The highest BCUT2D eigenvalue weighted by molar-refractivity contribution is 5.56. The van der Waals surface area contributed by atoms with Crippen molar-refractivity contribution in [2.75, 3.05) is 12.4 Å². The number of hydrogen-bond donors (Lipinski definition) is 1. The molecule has 1 aromatic heterocycles. The van der Waals surface area contributed by atoms with E-state index >= 15 is 0 Å². The van der Waals surface area contributed by atoms with Crippen molar-refractivity contribution in [3.05, 3.63) is 48.0 Å². The normalized spacial score (nSPS) is 10.5. The second kappa shape index (κ2) is 6.27. The molecule has 0 atom stereocenters. The average molecular weight is 262 g/mol. The molecule has 0 aliphatic rings. The lowest BCUT2D eigenvalue weighted by Gasteiger charge is -2.13. The summed E-state index contributed by atoms with van der Waals surface area (Å²) in [6, 6.07) is 8.62. The Morgan fingerprint density at radius 3 is 2.89 bits per heavy atom. The molecule has 0 aliphatic carbocycles. The van der Waals surface area contributed by atoms with Gasteiger partial charge in [0.15, 0.2) is 0 Å². The molecule has 0 bridgehead atoms. The molecule has 0 saturated heterocycles. The molecular formula is C15H19FN2O. The molecule has 1 N–H and O–H groups in total. The summed E-state index contributed by atoms with van der Waals surface area (Å²) < 4.78 is 20.5. The van der Waals surface area contributed by atoms with Gasteiger partial charge in [0.2, 0.25) is 0 Å². The number of methoxy groups -OCH3 is 1. The zero-order valence-electron chi connectivity index (χ0n) is 11.3. The van der Waals surface area contributed by atoms with Gasteiger partial charge in [0.25, 0.3) is 0 Å². The fourth-order valence-electron chi connectivity index (χ4n) is 2.07. The maximum absolute atomic E-state index is 13.1. The van der Waals surface area contributed by atoms with Crippen molar-refractivity contribution in [1.82, 2.24) is 4.57 Å². The highest BCUT2D eigenvalue weighted by Gasteiger charge is 2.05. The van der Waals surface area contributed by atoms with E-state index in [0.717, 1.165) is 18.7 Å². The van der Waals surface area contributed by atoms with Gasteiger partial charge in [0.05, 0.1) is 19.3 Å². The molecule has 0 radical (unpaired) electrons. The van der Waals surface area contributed by atoms with E-state index in [2.05, 4.69) is 29.1 Å². The monoisotopic (exact) mass is 262 g/mol. The van der Waals surface area contributed by atoms with Gasteiger partial charge >= 0.3 is 0 Å². The Morgan fingerprint density at radius 2 is 2.16 bits per heavy atom. The van der Waals surface area contributed by atoms with Gasteiger partial charge in [-0.3, -0.25) is 0 Å². The van der Waals surface area contributed by atoms with Gasteiger partial charge in [-0.15, -0.1) is 0 Å². The largest absolute Gasteiger partial charge is 0.494 e. The van der Waals surface area contributed by atoms with Crippen molar-refractivity contribution in [2.24, 2.45) is 0 Å². The summed E-state index contributed by atoms with van der Waals surface area (Å²) in [5.41, 5.74) is 2.00. The number of aryl methyl sites for hydroxylation is 1. The molecular weight excluding hydrogens is 243 g/mol. The molecule has 4 heteroatoms. The summed E-state index contributed by atoms with van der Waals surface area (Å²) in [5, 5.41) is 3.28. The van der Waals surface area contributed by atoms with Crippen molar-refractivity contribution in [3.8, 4) is 5.75 Å². The minimum absolute atomic E-state index is 0.295. The second-order valence-corrected chi connectivity index (χ2v) is 4.39. The third-order valence-electron chi connectivity index (χ3n) is 3.01. The number of halogens is 1. The van der Waals surface area contributed by atoms with Crippen molar-refractivity contribution in [3.63, 3.8) is 0 Å². The van der Waals surface area contributed by atoms with Crippen molar-refractivity contribution in [1.29, 1.82) is 0 Å². The predicted octanol–water partition coefficient (Wildman–Crippen LogP) is 3.66. The Hall–Kier alpha value is -1.97. The molecule has 0 saturated carbocycles. The van der Waals surface area contributed by atoms with Crippen LogP contribution in [0.3, 0.4) is 0 Å². The topological polar surface area (TPSA) is 26.2 Å². The Morgan fingerprint density at radius 1 is 1.32 bits per heavy atom.